The van der Waals surface area contributed by atoms with Crippen molar-refractivity contribution >= 4 is 93.9 Å². The van der Waals surface area contributed by atoms with Crippen molar-refractivity contribution in [3.05, 3.63) is 552 Å². The largest absolute Gasteiger partial charge is 0.356 e. The summed E-state index contributed by atoms with van der Waals surface area (Å²) in [4.78, 5) is 2.57. The summed E-state index contributed by atoms with van der Waals surface area (Å²) in [5.74, 6) is 0. The summed E-state index contributed by atoms with van der Waals surface area (Å²) in [6.45, 7) is 0. The number of rotatable bonds is 9. The minimum Gasteiger partial charge on any atom is -0.356 e. The van der Waals surface area contributed by atoms with Gasteiger partial charge in [0, 0.05) is 72.0 Å². The van der Waals surface area contributed by atoms with E-state index in [1.165, 1.54) is 216 Å². The fraction of sp³-hybridized carbons (Fsp3) is 0.0233. The van der Waals surface area contributed by atoms with E-state index < -0.39 is 10.8 Å². The molecule has 30 rings (SSSR count). The molecule has 5 aliphatic carbocycles. The van der Waals surface area contributed by atoms with Crippen LogP contribution in [0.3, 0.4) is 0 Å². The molecule has 0 saturated carbocycles. The first-order valence-electron chi connectivity index (χ1n) is 46.7. The third-order valence-electron chi connectivity index (χ3n) is 30.5. The van der Waals surface area contributed by atoms with Crippen LogP contribution in [-0.4, -0.2) is 13.7 Å². The molecule has 134 heavy (non-hydrogen) atoms. The molecule has 1 N–H and O–H groups in total. The van der Waals surface area contributed by atoms with Gasteiger partial charge in [-0.3, -0.25) is 0 Å². The number of anilines is 5. The van der Waals surface area contributed by atoms with Crippen LogP contribution in [0.4, 0.5) is 28.4 Å². The van der Waals surface area contributed by atoms with E-state index in [2.05, 4.69) is 509 Å². The zero-order chi connectivity index (χ0) is 87.6. The van der Waals surface area contributed by atoms with E-state index in [-0.39, 0.29) is 5.41 Å². The second-order valence-electron chi connectivity index (χ2n) is 36.7. The summed E-state index contributed by atoms with van der Waals surface area (Å²) in [7, 11) is 0. The van der Waals surface area contributed by atoms with Gasteiger partial charge in [-0.05, 0) is 254 Å². The Bertz CT molecular complexity index is 8880. The first kappa shape index (κ1) is 74.5. The molecule has 1 aliphatic heterocycles. The molecule has 0 amide bonds. The zero-order valence-corrected chi connectivity index (χ0v) is 73.0. The first-order chi connectivity index (χ1) is 66.5. The molecule has 5 nitrogen and oxygen atoms in total. The Morgan fingerprint density at radius 1 is 0.187 bits per heavy atom. The Labute approximate surface area is 775 Å². The van der Waals surface area contributed by atoms with Gasteiger partial charge in [-0.1, -0.05) is 370 Å². The number of aromatic nitrogens is 3. The lowest BCUT2D eigenvalue weighted by Gasteiger charge is -2.39. The number of hydrogen-bond donors (Lipinski definition) is 1. The maximum absolute atomic E-state index is 3.75. The molecular weight excluding hydrogens is 1620 g/mol. The van der Waals surface area contributed by atoms with Crippen LogP contribution in [0, 0.1) is 0 Å². The molecule has 0 fully saturated rings. The molecule has 4 heterocycles. The third-order valence-corrected chi connectivity index (χ3v) is 30.5. The van der Waals surface area contributed by atoms with Crippen LogP contribution in [0.2, 0.25) is 0 Å². The van der Waals surface area contributed by atoms with Gasteiger partial charge in [0.25, 0.3) is 0 Å². The van der Waals surface area contributed by atoms with Gasteiger partial charge in [-0.25, -0.2) is 0 Å². The maximum Gasteiger partial charge on any atom is 0.0755 e. The summed E-state index contributed by atoms with van der Waals surface area (Å²) in [6, 6.07) is 181. The normalized spacial score (nSPS) is 14.4. The summed E-state index contributed by atoms with van der Waals surface area (Å²) in [5, 5.41) is 11.4. The number of benzene rings is 21. The average molecular weight is 1700 g/mol. The van der Waals surface area contributed by atoms with Crippen LogP contribution in [0.15, 0.2) is 485 Å². The zero-order valence-electron chi connectivity index (χ0n) is 73.0. The van der Waals surface area contributed by atoms with Gasteiger partial charge < -0.3 is 23.9 Å². The maximum atomic E-state index is 3.75. The number of para-hydroxylation sites is 7. The lowest BCUT2D eigenvalue weighted by Crippen LogP contribution is -2.33. The lowest BCUT2D eigenvalue weighted by molar-refractivity contribution is 0.748. The van der Waals surface area contributed by atoms with Gasteiger partial charge in [0.1, 0.15) is 0 Å². The van der Waals surface area contributed by atoms with Crippen molar-refractivity contribution in [2.24, 2.45) is 0 Å². The first-order valence-corrected chi connectivity index (χ1v) is 46.7. The van der Waals surface area contributed by atoms with Gasteiger partial charge in [-0.15, -0.1) is 0 Å². The van der Waals surface area contributed by atoms with E-state index in [0.717, 1.165) is 39.7 Å². The van der Waals surface area contributed by atoms with Crippen molar-refractivity contribution in [2.75, 3.05) is 10.2 Å². The minimum atomic E-state index is -0.607. The minimum absolute atomic E-state index is 0.341. The van der Waals surface area contributed by atoms with Crippen LogP contribution in [0.25, 0.3) is 160 Å². The van der Waals surface area contributed by atoms with Crippen LogP contribution >= 0.6 is 0 Å². The molecule has 3 spiro atoms. The van der Waals surface area contributed by atoms with Crippen LogP contribution < -0.4 is 10.2 Å². The molecule has 24 aromatic rings. The molecule has 21 aromatic carbocycles. The second kappa shape index (κ2) is 28.3. The highest BCUT2D eigenvalue weighted by atomic mass is 15.1. The van der Waals surface area contributed by atoms with Crippen LogP contribution in [-0.2, 0) is 16.2 Å². The molecule has 0 bridgehead atoms. The fourth-order valence-corrected chi connectivity index (χ4v) is 25.3. The van der Waals surface area contributed by atoms with E-state index in [9.17, 15) is 0 Å². The van der Waals surface area contributed by atoms with Gasteiger partial charge in [0.2, 0.25) is 0 Å². The lowest BCUT2D eigenvalue weighted by atomic mass is 9.65. The van der Waals surface area contributed by atoms with E-state index in [4.69, 9.17) is 0 Å². The molecule has 6 aliphatic rings. The van der Waals surface area contributed by atoms with E-state index >= 15 is 0 Å². The van der Waals surface area contributed by atoms with Crippen molar-refractivity contribution in [3.8, 4) is 95.0 Å². The predicted molar refractivity (Wildman–Crippen MR) is 555 cm³/mol. The Morgan fingerprint density at radius 3 is 0.940 bits per heavy atom. The summed E-state index contributed by atoms with van der Waals surface area (Å²) < 4.78 is 7.29. The number of nitrogens with one attached hydrogen (secondary N) is 1. The molecule has 5 heteroatoms. The number of fused-ring (bicyclic) bond motifs is 38. The van der Waals surface area contributed by atoms with Gasteiger partial charge in [0.15, 0.2) is 0 Å². The highest BCUT2D eigenvalue weighted by molar-refractivity contribution is 6.15. The summed E-state index contributed by atoms with van der Waals surface area (Å²) in [6.07, 6.45) is 0. The Hall–Kier alpha value is -17.4. The predicted octanol–water partition coefficient (Wildman–Crippen LogP) is 32.6. The molecule has 0 radical (unpaired) electrons. The van der Waals surface area contributed by atoms with Crippen molar-refractivity contribution in [1.29, 1.82) is 0 Å². The molecule has 1 unspecified atom stereocenters. The van der Waals surface area contributed by atoms with Gasteiger partial charge in [0.05, 0.1) is 60.7 Å². The molecule has 1 atom stereocenters. The van der Waals surface area contributed by atoms with Crippen molar-refractivity contribution < 1.29 is 0 Å². The fourth-order valence-electron chi connectivity index (χ4n) is 25.3. The van der Waals surface area contributed by atoms with E-state index in [1.54, 1.807) is 0 Å². The van der Waals surface area contributed by atoms with Crippen molar-refractivity contribution in [3.63, 3.8) is 0 Å². The summed E-state index contributed by atoms with van der Waals surface area (Å²) >= 11 is 0. The quantitative estimate of drug-likeness (QED) is 0.156. The monoisotopic (exact) mass is 1700 g/mol. The molecular formula is C129H81N5. The summed E-state index contributed by atoms with van der Waals surface area (Å²) in [5.41, 5.74) is 48.6. The Balaban J connectivity index is 0.000000147. The molecule has 3 aromatic heterocycles. The average Bonchev–Trinajstić information content (AvgIpc) is 1.52. The standard InChI is InChI=1S/C80H49N3.C49H32N2/c1-8-27-64-55(19-1)56-20-2-9-28-65(56)79(64)66-29-10-3-21-57(66)58-48-47-54(49-71(58)79)81(52-43-39-50(40-44-52)51-41-45-53(46-42-51)82-72-34-13-5-22-59(72)60-23-6-14-35-73(60)82)76-38-18-32-69-77(76)63-25-4-11-30-67(63)80(69)68-31-12-16-37-75(68)83-74-36-15-7-24-61(74)62-26-17-33-70(80)78(62)83;1-6-16-43-37(11-1)38-12-2-7-17-44(38)49(43)45-18-8-3-13-39(45)40-30-27-35(31-46(40)49)50-34-25-21-32(22-26-34)33-23-28-36(29-24-33)51-47-19-9-4-14-41(47)42-15-5-10-20-48(42)51/h1-49H;1-31,50H. The van der Waals surface area contributed by atoms with Crippen LogP contribution in [0.5, 0.6) is 0 Å². The van der Waals surface area contributed by atoms with E-state index in [0.29, 0.717) is 0 Å². The third kappa shape index (κ3) is 10.1. The Kier molecular flexibility index (Phi) is 15.7. The van der Waals surface area contributed by atoms with Crippen molar-refractivity contribution in [1.82, 2.24) is 13.7 Å². The number of nitrogens with zero attached hydrogens (tertiary/aromatic N) is 4. The van der Waals surface area contributed by atoms with Crippen LogP contribution in [0.1, 0.15) is 66.8 Å². The van der Waals surface area contributed by atoms with Crippen molar-refractivity contribution in [2.45, 2.75) is 16.2 Å². The molecule has 0 saturated heterocycles. The molecule has 622 valence electrons. The highest BCUT2D eigenvalue weighted by Gasteiger charge is 2.56. The highest BCUT2D eigenvalue weighted by Crippen LogP contribution is 2.68. The van der Waals surface area contributed by atoms with Gasteiger partial charge in [-0.2, -0.15) is 0 Å². The topological polar surface area (TPSA) is 30.1 Å². The SMILES string of the molecule is c1ccc2c(c1)-c1ccccc1C21c2ccccc2-c2ccc(N(c3ccc(-c4ccc(-n5c6ccccc6c6ccccc65)cc4)cc3)c3cccc4c3-c3ccccc3C43c4ccccc4-n4c5ccccc5c5cccc3c54)cc21.c1ccc2c(c1)-c1ccccc1C21c2ccccc2-c2ccc(Nc3ccc(-c4ccc(-n5c6ccccc6c6ccccc65)cc4)cc3)cc21. The van der Waals surface area contributed by atoms with E-state index in [1.807, 2.05) is 0 Å². The van der Waals surface area contributed by atoms with Gasteiger partial charge >= 0.3 is 0 Å². The smallest absolute Gasteiger partial charge is 0.0755 e. The Morgan fingerprint density at radius 2 is 0.485 bits per heavy atom. The number of hydrogen-bond acceptors (Lipinski definition) is 2. The second-order valence-corrected chi connectivity index (χ2v) is 36.7.